The average Bonchev–Trinajstić information content (AvgIpc) is 2.43. The first-order chi connectivity index (χ1) is 6.75. The van der Waals surface area contributed by atoms with Crippen molar-refractivity contribution in [1.82, 2.24) is 9.55 Å². The Morgan fingerprint density at radius 1 is 1.47 bits per heavy atom. The molecule has 1 rings (SSSR count). The molecule has 0 aliphatic rings. The second kappa shape index (κ2) is 3.84. The predicted molar refractivity (Wildman–Crippen MR) is 60.5 cm³/mol. The minimum atomic E-state index is -3.24. The Morgan fingerprint density at radius 2 is 2.00 bits per heavy atom. The number of rotatable bonds is 3. The molecule has 1 aromatic rings. The van der Waals surface area contributed by atoms with Crippen LogP contribution in [-0.2, 0) is 17.1 Å². The van der Waals surface area contributed by atoms with Crippen LogP contribution in [0.25, 0.3) is 0 Å². The summed E-state index contributed by atoms with van der Waals surface area (Å²) in [5.41, 5.74) is 0.919. The number of nitrogens with zero attached hydrogens (tertiary/aromatic N) is 3. The van der Waals surface area contributed by atoms with E-state index >= 15 is 0 Å². The topological polar surface area (TPSA) is 55.2 Å². The number of hydrogen-bond donors (Lipinski definition) is 0. The van der Waals surface area contributed by atoms with E-state index in [9.17, 15) is 8.42 Å². The maximum Gasteiger partial charge on any atom is 0.233 e. The Kier molecular flexibility index (Phi) is 3.08. The summed E-state index contributed by atoms with van der Waals surface area (Å²) < 4.78 is 25.8. The first kappa shape index (κ1) is 12.0. The normalized spacial score (nSPS) is 12.1. The summed E-state index contributed by atoms with van der Waals surface area (Å²) in [7, 11) is 0.139. The average molecular weight is 231 g/mol. The zero-order valence-corrected chi connectivity index (χ0v) is 10.5. The van der Waals surface area contributed by atoms with Gasteiger partial charge in [0.25, 0.3) is 0 Å². The zero-order chi connectivity index (χ0) is 11.8. The minimum Gasteiger partial charge on any atom is -0.336 e. The summed E-state index contributed by atoms with van der Waals surface area (Å²) in [6.45, 7) is 4.02. The molecule has 0 spiro atoms. The molecule has 0 saturated carbocycles. The quantitative estimate of drug-likeness (QED) is 0.778. The molecular formula is C9H17N3O2S. The summed E-state index contributed by atoms with van der Waals surface area (Å²) >= 11 is 0. The lowest BCUT2D eigenvalue weighted by Crippen LogP contribution is -2.26. The van der Waals surface area contributed by atoms with Gasteiger partial charge in [0.15, 0.2) is 5.82 Å². The molecule has 0 aromatic carbocycles. The Labute approximate surface area is 90.8 Å². The van der Waals surface area contributed by atoms with Crippen molar-refractivity contribution in [3.63, 3.8) is 0 Å². The summed E-state index contributed by atoms with van der Waals surface area (Å²) in [6.07, 6.45) is 2.80. The van der Waals surface area contributed by atoms with Crippen LogP contribution in [-0.4, -0.2) is 31.3 Å². The number of aromatic nitrogens is 2. The van der Waals surface area contributed by atoms with Crippen molar-refractivity contribution in [2.45, 2.75) is 19.8 Å². The van der Waals surface area contributed by atoms with Crippen LogP contribution in [0.1, 0.15) is 25.5 Å². The van der Waals surface area contributed by atoms with Crippen LogP contribution in [0, 0.1) is 0 Å². The molecule has 0 atom stereocenters. The monoisotopic (exact) mass is 231 g/mol. The van der Waals surface area contributed by atoms with E-state index in [4.69, 9.17) is 0 Å². The standard InChI is InChI=1S/C9H17N3O2S/c1-7(2)8-9(10-6-11(8)3)12(4)15(5,13)14/h6-7H,1-5H3. The van der Waals surface area contributed by atoms with Gasteiger partial charge in [-0.05, 0) is 5.92 Å². The third-order valence-corrected chi connectivity index (χ3v) is 3.47. The fourth-order valence-electron chi connectivity index (χ4n) is 1.49. The molecule has 0 aliphatic carbocycles. The fraction of sp³-hybridized carbons (Fsp3) is 0.667. The van der Waals surface area contributed by atoms with Gasteiger partial charge in [-0.3, -0.25) is 4.31 Å². The smallest absolute Gasteiger partial charge is 0.233 e. The molecule has 0 saturated heterocycles. The lowest BCUT2D eigenvalue weighted by atomic mass is 10.1. The molecule has 5 nitrogen and oxygen atoms in total. The third kappa shape index (κ3) is 2.31. The molecule has 0 fully saturated rings. The Morgan fingerprint density at radius 3 is 2.40 bits per heavy atom. The van der Waals surface area contributed by atoms with Gasteiger partial charge in [-0.25, -0.2) is 13.4 Å². The summed E-state index contributed by atoms with van der Waals surface area (Å²) in [5.74, 6) is 0.742. The van der Waals surface area contributed by atoms with E-state index in [-0.39, 0.29) is 5.92 Å². The number of sulfonamides is 1. The van der Waals surface area contributed by atoms with Crippen molar-refractivity contribution in [1.29, 1.82) is 0 Å². The van der Waals surface area contributed by atoms with Crippen molar-refractivity contribution in [2.24, 2.45) is 7.05 Å². The van der Waals surface area contributed by atoms with Gasteiger partial charge in [0.05, 0.1) is 18.3 Å². The molecule has 0 unspecified atom stereocenters. The Balaban J connectivity index is 3.27. The molecule has 15 heavy (non-hydrogen) atoms. The molecule has 6 heteroatoms. The van der Waals surface area contributed by atoms with Crippen molar-refractivity contribution in [2.75, 3.05) is 17.6 Å². The van der Waals surface area contributed by atoms with Crippen molar-refractivity contribution in [3.8, 4) is 0 Å². The summed E-state index contributed by atoms with van der Waals surface area (Å²) in [5, 5.41) is 0. The molecule has 0 radical (unpaired) electrons. The van der Waals surface area contributed by atoms with E-state index in [0.29, 0.717) is 5.82 Å². The lowest BCUT2D eigenvalue weighted by Gasteiger charge is -2.17. The van der Waals surface area contributed by atoms with Gasteiger partial charge in [-0.15, -0.1) is 0 Å². The largest absolute Gasteiger partial charge is 0.336 e. The van der Waals surface area contributed by atoms with Crippen LogP contribution in [0.4, 0.5) is 5.82 Å². The zero-order valence-electron chi connectivity index (χ0n) is 9.72. The molecule has 0 N–H and O–H groups in total. The van der Waals surface area contributed by atoms with Crippen LogP contribution < -0.4 is 4.31 Å². The number of aryl methyl sites for hydroxylation is 1. The van der Waals surface area contributed by atoms with E-state index in [1.165, 1.54) is 17.6 Å². The number of anilines is 1. The van der Waals surface area contributed by atoms with E-state index in [2.05, 4.69) is 4.98 Å². The van der Waals surface area contributed by atoms with Crippen LogP contribution in [0.15, 0.2) is 6.33 Å². The van der Waals surface area contributed by atoms with Crippen LogP contribution in [0.3, 0.4) is 0 Å². The first-order valence-corrected chi connectivity index (χ1v) is 6.55. The maximum atomic E-state index is 11.4. The molecule has 0 amide bonds. The van der Waals surface area contributed by atoms with Gasteiger partial charge in [-0.1, -0.05) is 13.8 Å². The van der Waals surface area contributed by atoms with Crippen molar-refractivity contribution >= 4 is 15.8 Å². The van der Waals surface area contributed by atoms with Gasteiger partial charge >= 0.3 is 0 Å². The predicted octanol–water partition coefficient (Wildman–Crippen LogP) is 0.939. The molecule has 1 aromatic heterocycles. The highest BCUT2D eigenvalue weighted by atomic mass is 32.2. The molecule has 0 bridgehead atoms. The van der Waals surface area contributed by atoms with E-state index < -0.39 is 10.0 Å². The first-order valence-electron chi connectivity index (χ1n) is 4.70. The number of imidazole rings is 1. The van der Waals surface area contributed by atoms with Crippen LogP contribution in [0.5, 0.6) is 0 Å². The van der Waals surface area contributed by atoms with Gasteiger partial charge < -0.3 is 4.57 Å². The molecule has 0 aliphatic heterocycles. The Hall–Kier alpha value is -1.04. The third-order valence-electron chi connectivity index (χ3n) is 2.30. The van der Waals surface area contributed by atoms with E-state index in [1.807, 2.05) is 25.5 Å². The fourth-order valence-corrected chi connectivity index (χ4v) is 1.95. The number of hydrogen-bond acceptors (Lipinski definition) is 3. The van der Waals surface area contributed by atoms with Crippen LogP contribution >= 0.6 is 0 Å². The highest BCUT2D eigenvalue weighted by molar-refractivity contribution is 7.92. The van der Waals surface area contributed by atoms with Gasteiger partial charge in [-0.2, -0.15) is 0 Å². The maximum absolute atomic E-state index is 11.4. The van der Waals surface area contributed by atoms with Crippen LogP contribution in [0.2, 0.25) is 0 Å². The van der Waals surface area contributed by atoms with Gasteiger partial charge in [0.1, 0.15) is 0 Å². The minimum absolute atomic E-state index is 0.233. The molecular weight excluding hydrogens is 214 g/mol. The van der Waals surface area contributed by atoms with E-state index in [1.54, 1.807) is 6.33 Å². The molecule has 1 heterocycles. The lowest BCUT2D eigenvalue weighted by molar-refractivity contribution is 0.599. The van der Waals surface area contributed by atoms with Crippen molar-refractivity contribution in [3.05, 3.63) is 12.0 Å². The second-order valence-electron chi connectivity index (χ2n) is 3.95. The van der Waals surface area contributed by atoms with Gasteiger partial charge in [0.2, 0.25) is 10.0 Å². The summed E-state index contributed by atoms with van der Waals surface area (Å²) in [4.78, 5) is 4.11. The van der Waals surface area contributed by atoms with Gasteiger partial charge in [0, 0.05) is 14.1 Å². The van der Waals surface area contributed by atoms with E-state index in [0.717, 1.165) is 5.69 Å². The second-order valence-corrected chi connectivity index (χ2v) is 5.96. The highest BCUT2D eigenvalue weighted by Crippen LogP contribution is 2.25. The summed E-state index contributed by atoms with van der Waals surface area (Å²) in [6, 6.07) is 0. The highest BCUT2D eigenvalue weighted by Gasteiger charge is 2.21. The van der Waals surface area contributed by atoms with Crippen molar-refractivity contribution < 1.29 is 8.42 Å². The SMILES string of the molecule is CC(C)c1c(N(C)S(C)(=O)=O)ncn1C. The Bertz CT molecular complexity index is 448. The molecule has 86 valence electrons.